The lowest BCUT2D eigenvalue weighted by atomic mass is 10.1. The van der Waals surface area contributed by atoms with Crippen molar-refractivity contribution in [3.05, 3.63) is 35.4 Å². The van der Waals surface area contributed by atoms with Gasteiger partial charge in [0.25, 0.3) is 0 Å². The van der Waals surface area contributed by atoms with Crippen LogP contribution in [0.3, 0.4) is 0 Å². The quantitative estimate of drug-likeness (QED) is 0.722. The molecule has 0 spiro atoms. The van der Waals surface area contributed by atoms with Gasteiger partial charge in [0, 0.05) is 5.56 Å². The molecule has 0 saturated heterocycles. The molecule has 1 heteroatoms. The van der Waals surface area contributed by atoms with Gasteiger partial charge in [-0.3, -0.25) is 0 Å². The summed E-state index contributed by atoms with van der Waals surface area (Å²) in [6, 6.07) is 8.23. The summed E-state index contributed by atoms with van der Waals surface area (Å²) in [7, 11) is 0. The van der Waals surface area contributed by atoms with Gasteiger partial charge in [0.1, 0.15) is 6.61 Å². The minimum atomic E-state index is -0.0718. The van der Waals surface area contributed by atoms with Gasteiger partial charge in [-0.05, 0) is 30.5 Å². The Bertz CT molecular complexity index is 313. The number of rotatable bonds is 3. The zero-order valence-electron chi connectivity index (χ0n) is 8.59. The Kier molecular flexibility index (Phi) is 4.82. The third-order valence-electron chi connectivity index (χ3n) is 2.08. The predicted molar refractivity (Wildman–Crippen MR) is 59.0 cm³/mol. The van der Waals surface area contributed by atoms with Gasteiger partial charge in [-0.15, -0.1) is 0 Å². The first-order valence-electron chi connectivity index (χ1n) is 5.05. The van der Waals surface area contributed by atoms with Crippen LogP contribution in [0.1, 0.15) is 30.9 Å². The second-order valence-corrected chi connectivity index (χ2v) is 3.26. The van der Waals surface area contributed by atoms with Crippen LogP contribution >= 0.6 is 0 Å². The lowest BCUT2D eigenvalue weighted by Gasteiger charge is -1.98. The maximum Gasteiger partial charge on any atom is 0.104 e. The fraction of sp³-hybridized carbons (Fsp3) is 0.385. The van der Waals surface area contributed by atoms with Crippen molar-refractivity contribution in [2.45, 2.75) is 26.2 Å². The summed E-state index contributed by atoms with van der Waals surface area (Å²) in [6.45, 7) is 2.12. The Morgan fingerprint density at radius 3 is 2.50 bits per heavy atom. The summed E-state index contributed by atoms with van der Waals surface area (Å²) >= 11 is 0. The number of hydrogen-bond acceptors (Lipinski definition) is 1. The van der Waals surface area contributed by atoms with Crippen molar-refractivity contribution in [3.63, 3.8) is 0 Å². The highest BCUT2D eigenvalue weighted by Crippen LogP contribution is 2.06. The van der Waals surface area contributed by atoms with Crippen LogP contribution in [0.25, 0.3) is 0 Å². The SMILES string of the molecule is CCCCc1ccc(C#CCO)cc1. The van der Waals surface area contributed by atoms with Gasteiger partial charge in [0.05, 0.1) is 0 Å². The molecule has 0 unspecified atom stereocenters. The number of hydrogen-bond donors (Lipinski definition) is 1. The Balaban J connectivity index is 2.59. The number of aliphatic hydroxyl groups excluding tert-OH is 1. The Morgan fingerprint density at radius 1 is 1.21 bits per heavy atom. The van der Waals surface area contributed by atoms with Gasteiger partial charge in [0.2, 0.25) is 0 Å². The number of benzene rings is 1. The van der Waals surface area contributed by atoms with Gasteiger partial charge in [-0.2, -0.15) is 0 Å². The van der Waals surface area contributed by atoms with Crippen LogP contribution in [0.4, 0.5) is 0 Å². The van der Waals surface area contributed by atoms with Crippen molar-refractivity contribution < 1.29 is 5.11 Å². The van der Waals surface area contributed by atoms with Crippen molar-refractivity contribution in [2.24, 2.45) is 0 Å². The van der Waals surface area contributed by atoms with Gasteiger partial charge in [-0.1, -0.05) is 37.3 Å². The number of unbranched alkanes of at least 4 members (excludes halogenated alkanes) is 1. The van der Waals surface area contributed by atoms with Gasteiger partial charge in [-0.25, -0.2) is 0 Å². The predicted octanol–water partition coefficient (Wildman–Crippen LogP) is 2.37. The molecule has 0 aliphatic rings. The number of aliphatic hydroxyl groups is 1. The van der Waals surface area contributed by atoms with Crippen LogP contribution in [0.15, 0.2) is 24.3 Å². The van der Waals surface area contributed by atoms with Crippen LogP contribution in [0, 0.1) is 11.8 Å². The molecular weight excluding hydrogens is 172 g/mol. The van der Waals surface area contributed by atoms with E-state index in [1.165, 1.54) is 18.4 Å². The van der Waals surface area contributed by atoms with Gasteiger partial charge in [0.15, 0.2) is 0 Å². The van der Waals surface area contributed by atoms with E-state index in [0.717, 1.165) is 12.0 Å². The van der Waals surface area contributed by atoms with Crippen molar-refractivity contribution in [3.8, 4) is 11.8 Å². The van der Waals surface area contributed by atoms with E-state index < -0.39 is 0 Å². The van der Waals surface area contributed by atoms with Crippen LogP contribution < -0.4 is 0 Å². The Labute approximate surface area is 85.8 Å². The lowest BCUT2D eigenvalue weighted by Crippen LogP contribution is -1.84. The van der Waals surface area contributed by atoms with Crippen molar-refractivity contribution in [1.29, 1.82) is 0 Å². The minimum absolute atomic E-state index is 0.0718. The van der Waals surface area contributed by atoms with E-state index in [2.05, 4.69) is 30.9 Å². The molecule has 1 nitrogen and oxygen atoms in total. The van der Waals surface area contributed by atoms with Crippen molar-refractivity contribution in [1.82, 2.24) is 0 Å². The molecule has 0 heterocycles. The molecular formula is C13H16O. The minimum Gasteiger partial charge on any atom is -0.384 e. The summed E-state index contributed by atoms with van der Waals surface area (Å²) in [5, 5.41) is 8.52. The van der Waals surface area contributed by atoms with E-state index in [-0.39, 0.29) is 6.61 Å². The summed E-state index contributed by atoms with van der Waals surface area (Å²) in [6.07, 6.45) is 3.61. The zero-order chi connectivity index (χ0) is 10.2. The molecule has 0 amide bonds. The van der Waals surface area contributed by atoms with Crippen LogP contribution in [0.5, 0.6) is 0 Å². The lowest BCUT2D eigenvalue weighted by molar-refractivity contribution is 0.350. The van der Waals surface area contributed by atoms with Crippen LogP contribution in [0.2, 0.25) is 0 Å². The first-order valence-corrected chi connectivity index (χ1v) is 5.05. The standard InChI is InChI=1S/C13H16O/c1-2-3-5-12-7-9-13(10-8-12)6-4-11-14/h7-10,14H,2-3,5,11H2,1H3. The van der Waals surface area contributed by atoms with Crippen LogP contribution in [-0.2, 0) is 6.42 Å². The second-order valence-electron chi connectivity index (χ2n) is 3.26. The van der Waals surface area contributed by atoms with Gasteiger partial charge >= 0.3 is 0 Å². The van der Waals surface area contributed by atoms with E-state index >= 15 is 0 Å². The molecule has 14 heavy (non-hydrogen) atoms. The zero-order valence-corrected chi connectivity index (χ0v) is 8.59. The number of aryl methyl sites for hydroxylation is 1. The Hall–Kier alpha value is -1.26. The van der Waals surface area contributed by atoms with E-state index in [1.807, 2.05) is 12.1 Å². The first-order chi connectivity index (χ1) is 6.86. The van der Waals surface area contributed by atoms with Gasteiger partial charge < -0.3 is 5.11 Å². The molecule has 0 fully saturated rings. The van der Waals surface area contributed by atoms with E-state index in [0.29, 0.717) is 0 Å². The average molecular weight is 188 g/mol. The molecule has 0 aromatic heterocycles. The maximum absolute atomic E-state index is 8.52. The molecule has 0 saturated carbocycles. The molecule has 0 aliphatic carbocycles. The van der Waals surface area contributed by atoms with E-state index in [9.17, 15) is 0 Å². The molecule has 0 radical (unpaired) electrons. The second kappa shape index (κ2) is 6.23. The Morgan fingerprint density at radius 2 is 1.93 bits per heavy atom. The smallest absolute Gasteiger partial charge is 0.104 e. The highest BCUT2D eigenvalue weighted by Gasteiger charge is 1.91. The fourth-order valence-corrected chi connectivity index (χ4v) is 1.28. The molecule has 74 valence electrons. The molecule has 0 bridgehead atoms. The summed E-state index contributed by atoms with van der Waals surface area (Å²) < 4.78 is 0. The topological polar surface area (TPSA) is 20.2 Å². The van der Waals surface area contributed by atoms with E-state index in [1.54, 1.807) is 0 Å². The fourth-order valence-electron chi connectivity index (χ4n) is 1.28. The average Bonchev–Trinajstić information content (AvgIpc) is 2.25. The largest absolute Gasteiger partial charge is 0.384 e. The summed E-state index contributed by atoms with van der Waals surface area (Å²) in [5.41, 5.74) is 2.33. The highest BCUT2D eigenvalue weighted by molar-refractivity contribution is 5.36. The third kappa shape index (κ3) is 3.64. The van der Waals surface area contributed by atoms with Crippen molar-refractivity contribution >= 4 is 0 Å². The first kappa shape index (κ1) is 10.8. The monoisotopic (exact) mass is 188 g/mol. The molecule has 1 aromatic carbocycles. The molecule has 1 N–H and O–H groups in total. The molecule has 0 atom stereocenters. The highest BCUT2D eigenvalue weighted by atomic mass is 16.2. The van der Waals surface area contributed by atoms with Crippen molar-refractivity contribution in [2.75, 3.05) is 6.61 Å². The third-order valence-corrected chi connectivity index (χ3v) is 2.08. The molecule has 0 aliphatic heterocycles. The maximum atomic E-state index is 8.52. The van der Waals surface area contributed by atoms with E-state index in [4.69, 9.17) is 5.11 Å². The summed E-state index contributed by atoms with van der Waals surface area (Å²) in [5.74, 6) is 5.51. The molecule has 1 aromatic rings. The molecule has 1 rings (SSSR count). The van der Waals surface area contributed by atoms with Crippen LogP contribution in [-0.4, -0.2) is 11.7 Å². The summed E-state index contributed by atoms with van der Waals surface area (Å²) in [4.78, 5) is 0. The normalized spacial score (nSPS) is 9.29.